The maximum absolute atomic E-state index is 5.35. The van der Waals surface area contributed by atoms with E-state index in [1.807, 2.05) is 6.08 Å². The van der Waals surface area contributed by atoms with E-state index in [0.29, 0.717) is 0 Å². The van der Waals surface area contributed by atoms with Crippen molar-refractivity contribution in [2.45, 2.75) is 40.5 Å². The Morgan fingerprint density at radius 3 is 2.37 bits per heavy atom. The van der Waals surface area contributed by atoms with Gasteiger partial charge in [-0.1, -0.05) is 124 Å². The molecule has 6 aromatic rings. The van der Waals surface area contributed by atoms with Gasteiger partial charge in [-0.2, -0.15) is 0 Å². The van der Waals surface area contributed by atoms with Gasteiger partial charge in [-0.05, 0) is 78.8 Å². The summed E-state index contributed by atoms with van der Waals surface area (Å²) in [5.74, 6) is 0.190. The molecule has 0 saturated carbocycles. The van der Waals surface area contributed by atoms with Gasteiger partial charge in [-0.15, -0.1) is 0 Å². The van der Waals surface area contributed by atoms with Crippen LogP contribution in [0.1, 0.15) is 61.3 Å². The monoisotopic (exact) mass is 599 g/mol. The van der Waals surface area contributed by atoms with Crippen LogP contribution in [0.25, 0.3) is 40.0 Å². The summed E-state index contributed by atoms with van der Waals surface area (Å²) in [5.41, 5.74) is 13.2. The number of benzene rings is 4. The molecular weight excluding hydrogens is 558 g/mol. The van der Waals surface area contributed by atoms with Crippen molar-refractivity contribution in [2.24, 2.45) is 10.9 Å². The summed E-state index contributed by atoms with van der Waals surface area (Å²) in [6, 6.07) is 40.7. The van der Waals surface area contributed by atoms with E-state index in [-0.39, 0.29) is 5.92 Å². The molecule has 0 amide bonds. The molecule has 0 aliphatic carbocycles. The smallest absolute Gasteiger partial charge is 0.0886 e. The van der Waals surface area contributed by atoms with Crippen LogP contribution < -0.4 is 0 Å². The normalized spacial score (nSPS) is 12.0. The third-order valence-electron chi connectivity index (χ3n) is 8.50. The van der Waals surface area contributed by atoms with Crippen LogP contribution in [0.3, 0.4) is 0 Å². The molecule has 228 valence electrons. The molecule has 2 heterocycles. The molecule has 0 unspecified atom stereocenters. The average Bonchev–Trinajstić information content (AvgIpc) is 3.41. The molecule has 0 aliphatic rings. The summed E-state index contributed by atoms with van der Waals surface area (Å²) < 4.78 is 2.30. The van der Waals surface area contributed by atoms with Crippen molar-refractivity contribution in [3.8, 4) is 16.9 Å². The number of para-hydroxylation sites is 2. The number of allylic oxidation sites excluding steroid dienone is 1. The first-order valence-corrected chi connectivity index (χ1v) is 16.2. The van der Waals surface area contributed by atoms with Gasteiger partial charge in [0.15, 0.2) is 0 Å². The lowest BCUT2D eigenvalue weighted by Crippen LogP contribution is -2.15. The van der Waals surface area contributed by atoms with Crippen molar-refractivity contribution in [3.63, 3.8) is 0 Å². The lowest BCUT2D eigenvalue weighted by Gasteiger charge is -2.17. The molecule has 0 spiro atoms. The maximum Gasteiger partial charge on any atom is 0.0886 e. The van der Waals surface area contributed by atoms with Crippen molar-refractivity contribution in [3.05, 3.63) is 162 Å². The van der Waals surface area contributed by atoms with E-state index in [1.54, 1.807) is 0 Å². The molecule has 0 fully saturated rings. The van der Waals surface area contributed by atoms with Crippen molar-refractivity contribution in [1.29, 1.82) is 0 Å². The van der Waals surface area contributed by atoms with Crippen molar-refractivity contribution < 1.29 is 0 Å². The Kier molecular flexibility index (Phi) is 9.21. The molecule has 3 heteroatoms. The number of aromatic nitrogens is 2. The fraction of sp³-hybridized carbons (Fsp3) is 0.163. The highest BCUT2D eigenvalue weighted by Gasteiger charge is 2.19. The third kappa shape index (κ3) is 6.14. The summed E-state index contributed by atoms with van der Waals surface area (Å²) in [6.45, 7) is 12.9. The van der Waals surface area contributed by atoms with Gasteiger partial charge < -0.3 is 4.57 Å². The molecule has 46 heavy (non-hydrogen) atoms. The van der Waals surface area contributed by atoms with E-state index in [1.165, 1.54) is 27.6 Å². The van der Waals surface area contributed by atoms with E-state index < -0.39 is 0 Å². The number of rotatable bonds is 10. The first-order valence-electron chi connectivity index (χ1n) is 16.2. The second kappa shape index (κ2) is 13.8. The number of pyridine rings is 1. The summed E-state index contributed by atoms with van der Waals surface area (Å²) >= 11 is 0. The number of hydrogen-bond acceptors (Lipinski definition) is 2. The predicted octanol–water partition coefficient (Wildman–Crippen LogP) is 11.3. The Hall–Kier alpha value is -5.28. The zero-order valence-corrected chi connectivity index (χ0v) is 27.2. The summed E-state index contributed by atoms with van der Waals surface area (Å²) in [4.78, 5) is 10.7. The molecule has 0 saturated heterocycles. The molecule has 0 atom stereocenters. The molecule has 0 bridgehead atoms. The van der Waals surface area contributed by atoms with Gasteiger partial charge in [-0.3, -0.25) is 4.99 Å². The lowest BCUT2D eigenvalue weighted by molar-refractivity contribution is 0.874. The number of hydrogen-bond donors (Lipinski definition) is 0. The number of nitrogens with zero attached hydrogens (tertiary/aromatic N) is 3. The van der Waals surface area contributed by atoms with Crippen LogP contribution in [-0.2, 0) is 12.8 Å². The Balaban J connectivity index is 1.46. The topological polar surface area (TPSA) is 30.2 Å². The minimum absolute atomic E-state index is 0.190. The maximum atomic E-state index is 5.35. The highest BCUT2D eigenvalue weighted by atomic mass is 15.0. The van der Waals surface area contributed by atoms with E-state index >= 15 is 0 Å². The van der Waals surface area contributed by atoms with E-state index in [9.17, 15) is 0 Å². The molecule has 0 radical (unpaired) electrons. The first-order chi connectivity index (χ1) is 22.5. The van der Waals surface area contributed by atoms with E-state index in [2.05, 4.69) is 166 Å². The van der Waals surface area contributed by atoms with Gasteiger partial charge in [0, 0.05) is 22.2 Å². The Morgan fingerprint density at radius 1 is 0.848 bits per heavy atom. The quantitative estimate of drug-likeness (QED) is 0.144. The van der Waals surface area contributed by atoms with Crippen LogP contribution in [0, 0.1) is 5.92 Å². The Bertz CT molecular complexity index is 2060. The zero-order valence-electron chi connectivity index (χ0n) is 27.2. The van der Waals surface area contributed by atoms with Crippen LogP contribution in [0.5, 0.6) is 0 Å². The summed E-state index contributed by atoms with van der Waals surface area (Å²) in [6.07, 6.45) is 7.93. The number of aliphatic imine (C=N–C) groups is 1. The second-order valence-corrected chi connectivity index (χ2v) is 11.9. The van der Waals surface area contributed by atoms with Gasteiger partial charge in [0.1, 0.15) is 0 Å². The van der Waals surface area contributed by atoms with Gasteiger partial charge in [0.25, 0.3) is 0 Å². The first kappa shape index (κ1) is 30.7. The van der Waals surface area contributed by atoms with Crippen LogP contribution in [0.15, 0.2) is 133 Å². The van der Waals surface area contributed by atoms with Crippen molar-refractivity contribution >= 4 is 34.5 Å². The van der Waals surface area contributed by atoms with Gasteiger partial charge in [-0.25, -0.2) is 4.98 Å². The van der Waals surface area contributed by atoms with E-state index in [0.717, 1.165) is 58.1 Å². The Morgan fingerprint density at radius 2 is 1.61 bits per heavy atom. The molecule has 0 aliphatic heterocycles. The molecule has 6 rings (SSSR count). The van der Waals surface area contributed by atoms with Gasteiger partial charge in [0.2, 0.25) is 0 Å². The standard InChI is InChI=1S/C43H41N3/c1-6-17-36-37-23-13-15-25-41(37)46(40(36)8-3)35-22-16-21-34(29-35)39-27-26-32(7-2)43(45-39)42(30(4)5)44-38-24-14-12-20-33(38)28-31-18-10-9-11-19-31/h6,8-27,29-30H,3,7,28H2,1-2,4-5H3/b17-6-,44-42+. The molecule has 3 nitrogen and oxygen atoms in total. The fourth-order valence-corrected chi connectivity index (χ4v) is 6.24. The molecular formula is C43H41N3. The SMILES string of the molecule is C=Cc1c(/C=C\C)c2ccccc2n1-c1cccc(-c2ccc(CC)c(/C(=N/c3ccccc3Cc3ccccc3)C(C)C)n2)c1. The van der Waals surface area contributed by atoms with Crippen LogP contribution in [-0.4, -0.2) is 15.3 Å². The van der Waals surface area contributed by atoms with Gasteiger partial charge >= 0.3 is 0 Å². The lowest BCUT2D eigenvalue weighted by atomic mass is 9.97. The highest BCUT2D eigenvalue weighted by Crippen LogP contribution is 2.33. The van der Waals surface area contributed by atoms with E-state index in [4.69, 9.17) is 9.98 Å². The zero-order chi connectivity index (χ0) is 32.0. The van der Waals surface area contributed by atoms with Crippen LogP contribution in [0.4, 0.5) is 5.69 Å². The average molecular weight is 600 g/mol. The number of aryl methyl sites for hydroxylation is 1. The number of fused-ring (bicyclic) bond motifs is 1. The molecule has 4 aromatic carbocycles. The Labute approximate surface area is 273 Å². The minimum atomic E-state index is 0.190. The minimum Gasteiger partial charge on any atom is -0.309 e. The molecule has 0 N–H and O–H groups in total. The van der Waals surface area contributed by atoms with Gasteiger partial charge in [0.05, 0.1) is 34.0 Å². The van der Waals surface area contributed by atoms with Crippen LogP contribution in [0.2, 0.25) is 0 Å². The fourth-order valence-electron chi connectivity index (χ4n) is 6.24. The summed E-state index contributed by atoms with van der Waals surface area (Å²) in [5, 5.41) is 1.21. The third-order valence-corrected chi connectivity index (χ3v) is 8.50. The predicted molar refractivity (Wildman–Crippen MR) is 197 cm³/mol. The van der Waals surface area contributed by atoms with Crippen molar-refractivity contribution in [1.82, 2.24) is 9.55 Å². The largest absolute Gasteiger partial charge is 0.309 e. The molecule has 2 aromatic heterocycles. The van der Waals surface area contributed by atoms with Crippen LogP contribution >= 0.6 is 0 Å². The highest BCUT2D eigenvalue weighted by molar-refractivity contribution is 6.03. The second-order valence-electron chi connectivity index (χ2n) is 11.9. The summed E-state index contributed by atoms with van der Waals surface area (Å²) in [7, 11) is 0. The van der Waals surface area contributed by atoms with Crippen molar-refractivity contribution in [2.75, 3.05) is 0 Å².